The van der Waals surface area contributed by atoms with E-state index in [1.165, 1.54) is 0 Å². The molecule has 0 aliphatic rings. The van der Waals surface area contributed by atoms with E-state index in [-0.39, 0.29) is 17.1 Å². The summed E-state index contributed by atoms with van der Waals surface area (Å²) in [5.74, 6) is 0.0847. The van der Waals surface area contributed by atoms with Crippen molar-refractivity contribution in [3.05, 3.63) is 71.3 Å². The molecular weight excluding hydrogens is 244 g/mol. The van der Waals surface area contributed by atoms with Gasteiger partial charge in [-0.15, -0.1) is 0 Å². The quantitative estimate of drug-likeness (QED) is 0.717. The molecule has 104 valence electrons. The van der Waals surface area contributed by atoms with Gasteiger partial charge in [0.25, 0.3) is 0 Å². The molecule has 0 amide bonds. The number of carbonyl (C=O) groups is 1. The van der Waals surface area contributed by atoms with E-state index >= 15 is 0 Å². The molecule has 0 saturated carbocycles. The normalized spacial score (nSPS) is 13.0. The van der Waals surface area contributed by atoms with Crippen LogP contribution in [0.25, 0.3) is 0 Å². The summed E-state index contributed by atoms with van der Waals surface area (Å²) in [6.07, 6.45) is 0. The van der Waals surface area contributed by atoms with Gasteiger partial charge in [0.05, 0.1) is 0 Å². The van der Waals surface area contributed by atoms with Gasteiger partial charge < -0.3 is 0 Å². The molecule has 2 aromatic carbocycles. The van der Waals surface area contributed by atoms with Crippen molar-refractivity contribution < 1.29 is 4.79 Å². The molecule has 0 aromatic heterocycles. The first-order chi connectivity index (χ1) is 9.41. The SMILES string of the molecule is CC(C(=O)c1ccccc1C(C)(C)C)c1ccccc1. The van der Waals surface area contributed by atoms with Crippen molar-refractivity contribution in [2.75, 3.05) is 0 Å². The van der Waals surface area contributed by atoms with Gasteiger partial charge >= 0.3 is 0 Å². The predicted octanol–water partition coefficient (Wildman–Crippen LogP) is 4.97. The van der Waals surface area contributed by atoms with Gasteiger partial charge in [0.1, 0.15) is 0 Å². The lowest BCUT2D eigenvalue weighted by Crippen LogP contribution is -2.19. The Balaban J connectivity index is 2.40. The smallest absolute Gasteiger partial charge is 0.170 e. The first-order valence-corrected chi connectivity index (χ1v) is 7.10. The van der Waals surface area contributed by atoms with Crippen LogP contribution in [0.5, 0.6) is 0 Å². The third kappa shape index (κ3) is 2.98. The fourth-order valence-electron chi connectivity index (χ4n) is 2.48. The Labute approximate surface area is 121 Å². The summed E-state index contributed by atoms with van der Waals surface area (Å²) in [6.45, 7) is 8.42. The number of rotatable bonds is 3. The fraction of sp³-hybridized carbons (Fsp3) is 0.316. The summed E-state index contributed by atoms with van der Waals surface area (Å²) in [5.41, 5.74) is 3.01. The molecule has 0 aliphatic carbocycles. The second kappa shape index (κ2) is 5.62. The highest BCUT2D eigenvalue weighted by molar-refractivity contribution is 6.02. The minimum Gasteiger partial charge on any atom is -0.293 e. The van der Waals surface area contributed by atoms with Gasteiger partial charge in [0, 0.05) is 11.5 Å². The van der Waals surface area contributed by atoms with Crippen LogP contribution in [-0.4, -0.2) is 5.78 Å². The van der Waals surface area contributed by atoms with Gasteiger partial charge in [-0.1, -0.05) is 82.3 Å². The van der Waals surface area contributed by atoms with Crippen molar-refractivity contribution in [1.29, 1.82) is 0 Å². The zero-order valence-electron chi connectivity index (χ0n) is 12.7. The summed E-state index contributed by atoms with van der Waals surface area (Å²) in [7, 11) is 0. The van der Waals surface area contributed by atoms with Crippen LogP contribution in [0.1, 0.15) is 55.1 Å². The Hall–Kier alpha value is -1.89. The molecule has 2 rings (SSSR count). The Morgan fingerprint density at radius 2 is 1.45 bits per heavy atom. The number of carbonyl (C=O) groups excluding carboxylic acids is 1. The average molecular weight is 266 g/mol. The highest BCUT2D eigenvalue weighted by Crippen LogP contribution is 2.29. The monoisotopic (exact) mass is 266 g/mol. The lowest BCUT2D eigenvalue weighted by Gasteiger charge is -2.23. The third-order valence-corrected chi connectivity index (χ3v) is 3.69. The lowest BCUT2D eigenvalue weighted by molar-refractivity contribution is 0.0964. The Kier molecular flexibility index (Phi) is 4.08. The fourth-order valence-corrected chi connectivity index (χ4v) is 2.48. The van der Waals surface area contributed by atoms with Crippen molar-refractivity contribution in [1.82, 2.24) is 0 Å². The van der Waals surface area contributed by atoms with Gasteiger partial charge in [-0.05, 0) is 16.5 Å². The van der Waals surface area contributed by atoms with Crippen molar-refractivity contribution >= 4 is 5.78 Å². The van der Waals surface area contributed by atoms with Crippen molar-refractivity contribution in [2.24, 2.45) is 0 Å². The molecule has 0 fully saturated rings. The molecule has 1 heteroatoms. The maximum absolute atomic E-state index is 12.8. The Bertz CT molecular complexity index is 591. The molecule has 0 aliphatic heterocycles. The number of hydrogen-bond acceptors (Lipinski definition) is 1. The van der Waals surface area contributed by atoms with E-state index in [1.54, 1.807) is 0 Å². The number of Topliss-reactive ketones (excluding diaryl/α,β-unsaturated/α-hetero) is 1. The molecular formula is C19H22O. The number of ketones is 1. The van der Waals surface area contributed by atoms with Crippen LogP contribution in [0.15, 0.2) is 54.6 Å². The van der Waals surface area contributed by atoms with Crippen molar-refractivity contribution in [3.8, 4) is 0 Å². The number of hydrogen-bond donors (Lipinski definition) is 0. The van der Waals surface area contributed by atoms with Crippen LogP contribution in [0.3, 0.4) is 0 Å². The molecule has 1 atom stereocenters. The van der Waals surface area contributed by atoms with Crippen LogP contribution < -0.4 is 0 Å². The molecule has 0 spiro atoms. The van der Waals surface area contributed by atoms with E-state index in [4.69, 9.17) is 0 Å². The summed E-state index contributed by atoms with van der Waals surface area (Å²) < 4.78 is 0. The largest absolute Gasteiger partial charge is 0.293 e. The molecule has 0 heterocycles. The topological polar surface area (TPSA) is 17.1 Å². The maximum atomic E-state index is 12.8. The minimum absolute atomic E-state index is 0.0251. The van der Waals surface area contributed by atoms with Crippen LogP contribution in [0.2, 0.25) is 0 Å². The summed E-state index contributed by atoms with van der Waals surface area (Å²) >= 11 is 0. The Morgan fingerprint density at radius 3 is 2.05 bits per heavy atom. The Morgan fingerprint density at radius 1 is 0.900 bits per heavy atom. The lowest BCUT2D eigenvalue weighted by atomic mass is 9.80. The van der Waals surface area contributed by atoms with Crippen molar-refractivity contribution in [2.45, 2.75) is 39.0 Å². The minimum atomic E-state index is -0.111. The first-order valence-electron chi connectivity index (χ1n) is 7.10. The molecule has 0 N–H and O–H groups in total. The third-order valence-electron chi connectivity index (χ3n) is 3.69. The second-order valence-corrected chi connectivity index (χ2v) is 6.29. The molecule has 20 heavy (non-hydrogen) atoms. The molecule has 1 unspecified atom stereocenters. The zero-order chi connectivity index (χ0) is 14.8. The van der Waals surface area contributed by atoms with Crippen molar-refractivity contribution in [3.63, 3.8) is 0 Å². The predicted molar refractivity (Wildman–Crippen MR) is 84.3 cm³/mol. The van der Waals surface area contributed by atoms with Gasteiger partial charge in [-0.2, -0.15) is 0 Å². The standard InChI is InChI=1S/C19H22O/c1-14(15-10-6-5-7-11-15)18(20)16-12-8-9-13-17(16)19(2,3)4/h5-14H,1-4H3. The summed E-state index contributed by atoms with van der Waals surface area (Å²) in [4.78, 5) is 12.8. The number of benzene rings is 2. The van der Waals surface area contributed by atoms with Crippen LogP contribution in [0, 0.1) is 0 Å². The summed E-state index contributed by atoms with van der Waals surface area (Å²) in [6, 6.07) is 17.9. The summed E-state index contributed by atoms with van der Waals surface area (Å²) in [5, 5.41) is 0. The van der Waals surface area contributed by atoms with E-state index in [9.17, 15) is 4.79 Å². The van der Waals surface area contributed by atoms with Gasteiger partial charge in [-0.3, -0.25) is 4.79 Å². The van der Waals surface area contributed by atoms with E-state index in [1.807, 2.05) is 55.5 Å². The van der Waals surface area contributed by atoms with Crippen LogP contribution in [0.4, 0.5) is 0 Å². The van der Waals surface area contributed by atoms with E-state index in [0.29, 0.717) is 0 Å². The average Bonchev–Trinajstić information content (AvgIpc) is 2.46. The molecule has 0 radical (unpaired) electrons. The van der Waals surface area contributed by atoms with Gasteiger partial charge in [0.15, 0.2) is 5.78 Å². The highest BCUT2D eigenvalue weighted by atomic mass is 16.1. The highest BCUT2D eigenvalue weighted by Gasteiger charge is 2.24. The first kappa shape index (κ1) is 14.5. The van der Waals surface area contributed by atoms with E-state index < -0.39 is 0 Å². The molecule has 0 saturated heterocycles. The van der Waals surface area contributed by atoms with Crippen LogP contribution in [-0.2, 0) is 5.41 Å². The molecule has 0 bridgehead atoms. The second-order valence-electron chi connectivity index (χ2n) is 6.29. The maximum Gasteiger partial charge on any atom is 0.170 e. The van der Waals surface area contributed by atoms with E-state index in [0.717, 1.165) is 16.7 Å². The molecule has 2 aromatic rings. The van der Waals surface area contributed by atoms with Gasteiger partial charge in [-0.25, -0.2) is 0 Å². The molecule has 1 nitrogen and oxygen atoms in total. The van der Waals surface area contributed by atoms with Gasteiger partial charge in [0.2, 0.25) is 0 Å². The van der Waals surface area contributed by atoms with Crippen LogP contribution >= 0.6 is 0 Å². The zero-order valence-corrected chi connectivity index (χ0v) is 12.7. The van der Waals surface area contributed by atoms with E-state index in [2.05, 4.69) is 26.8 Å².